The minimum absolute atomic E-state index is 0.239. The first-order valence-corrected chi connectivity index (χ1v) is 9.33. The zero-order valence-electron chi connectivity index (χ0n) is 15.2. The molecule has 10 heteroatoms. The number of carboxylic acid groups (broad SMARTS) is 2. The van der Waals surface area contributed by atoms with Gasteiger partial charge in [-0.05, 0) is 37.1 Å². The predicted octanol–water partition coefficient (Wildman–Crippen LogP) is 1.14. The summed E-state index contributed by atoms with van der Waals surface area (Å²) in [4.78, 5) is 19.5. The van der Waals surface area contributed by atoms with Crippen LogP contribution in [-0.4, -0.2) is 71.4 Å². The number of ether oxygens (including phenoxy) is 1. The number of halogens is 2. The van der Waals surface area contributed by atoms with Crippen molar-refractivity contribution in [3.8, 4) is 0 Å². The van der Waals surface area contributed by atoms with E-state index in [9.17, 15) is 9.59 Å². The van der Waals surface area contributed by atoms with Gasteiger partial charge < -0.3 is 30.5 Å². The van der Waals surface area contributed by atoms with Crippen LogP contribution in [0.15, 0.2) is 18.2 Å². The van der Waals surface area contributed by atoms with Crippen LogP contribution in [0.2, 0.25) is 10.0 Å². The summed E-state index contributed by atoms with van der Waals surface area (Å²) in [7, 11) is 1.78. The molecule has 0 aromatic heterocycles. The molecule has 156 valence electrons. The number of aliphatic hydroxyl groups is 2. The maximum absolute atomic E-state index is 9.77. The van der Waals surface area contributed by atoms with Gasteiger partial charge in [-0.2, -0.15) is 0 Å². The zero-order chi connectivity index (χ0) is 21.1. The Kier molecular flexibility index (Phi) is 7.30. The van der Waals surface area contributed by atoms with Crippen LogP contribution < -0.4 is 5.32 Å². The molecule has 1 aliphatic carbocycles. The van der Waals surface area contributed by atoms with Gasteiger partial charge in [-0.15, -0.1) is 0 Å². The number of piperidine rings is 1. The molecule has 1 aromatic rings. The van der Waals surface area contributed by atoms with Crippen molar-refractivity contribution in [1.29, 1.82) is 0 Å². The van der Waals surface area contributed by atoms with E-state index in [-0.39, 0.29) is 10.8 Å². The van der Waals surface area contributed by atoms with Crippen molar-refractivity contribution in [2.24, 2.45) is 5.41 Å². The molecule has 1 aliphatic heterocycles. The van der Waals surface area contributed by atoms with Gasteiger partial charge in [0.05, 0.1) is 16.7 Å². The van der Waals surface area contributed by atoms with Gasteiger partial charge in [-0.25, -0.2) is 9.59 Å². The highest BCUT2D eigenvalue weighted by molar-refractivity contribution is 6.42. The van der Waals surface area contributed by atoms with Gasteiger partial charge >= 0.3 is 11.9 Å². The average Bonchev–Trinajstić information content (AvgIpc) is 3.33. The molecule has 1 saturated carbocycles. The number of methoxy groups -OCH3 is 1. The largest absolute Gasteiger partial charge is 0.479 e. The topological polar surface area (TPSA) is 136 Å². The molecule has 0 amide bonds. The third kappa shape index (κ3) is 4.42. The lowest BCUT2D eigenvalue weighted by Gasteiger charge is -2.31. The molecular weight excluding hydrogens is 413 g/mol. The number of benzene rings is 1. The fourth-order valence-corrected chi connectivity index (χ4v) is 4.18. The first-order chi connectivity index (χ1) is 13.1. The Morgan fingerprint density at radius 3 is 2.29 bits per heavy atom. The normalized spacial score (nSPS) is 27.6. The first kappa shape index (κ1) is 22.9. The molecule has 3 rings (SSSR count). The summed E-state index contributed by atoms with van der Waals surface area (Å²) in [6.45, 7) is 2.90. The number of aliphatic hydroxyl groups excluding tert-OH is 2. The van der Waals surface area contributed by atoms with Crippen molar-refractivity contribution in [2.45, 2.75) is 30.5 Å². The lowest BCUT2D eigenvalue weighted by Crippen LogP contribution is -2.40. The summed E-state index contributed by atoms with van der Waals surface area (Å²) < 4.78 is 5.43. The van der Waals surface area contributed by atoms with E-state index in [2.05, 4.69) is 11.4 Å². The highest BCUT2D eigenvalue weighted by atomic mass is 35.5. The Bertz CT molecular complexity index is 725. The van der Waals surface area contributed by atoms with Crippen molar-refractivity contribution < 1.29 is 34.8 Å². The second kappa shape index (κ2) is 8.94. The molecule has 0 spiro atoms. The third-order valence-electron chi connectivity index (χ3n) is 5.42. The van der Waals surface area contributed by atoms with Crippen LogP contribution in [-0.2, 0) is 19.7 Å². The maximum Gasteiger partial charge on any atom is 0.335 e. The highest BCUT2D eigenvalue weighted by Gasteiger charge is 2.68. The van der Waals surface area contributed by atoms with Crippen LogP contribution in [0, 0.1) is 5.41 Å². The number of aliphatic carboxylic acids is 2. The molecule has 1 heterocycles. The Hall–Kier alpha value is -1.42. The second-order valence-electron chi connectivity index (χ2n) is 7.09. The monoisotopic (exact) mass is 435 g/mol. The molecule has 0 bridgehead atoms. The average molecular weight is 436 g/mol. The van der Waals surface area contributed by atoms with Crippen molar-refractivity contribution in [3.05, 3.63) is 33.8 Å². The zero-order valence-corrected chi connectivity index (χ0v) is 16.7. The summed E-state index contributed by atoms with van der Waals surface area (Å²) in [6.07, 6.45) is -2.21. The van der Waals surface area contributed by atoms with Crippen molar-refractivity contribution in [2.75, 3.05) is 26.8 Å². The number of rotatable bonds is 6. The number of nitrogens with one attached hydrogen (secondary N) is 1. The van der Waals surface area contributed by atoms with Gasteiger partial charge in [0.1, 0.15) is 0 Å². The molecular formula is C18H23Cl2NO7. The minimum Gasteiger partial charge on any atom is -0.479 e. The number of carbonyl (C=O) groups is 2. The standard InChI is InChI=1S/C14H17Cl2NO.C4H6O6/c1-18-9-13-7-14(13,4-5-17-8-13)10-2-3-11(15)12(16)6-10;5-1(3(7)8)2(6)4(9)10/h2-3,6,17H,4-5,7-9H2,1H3;1-2,5-6H,(H,7,8)(H,9,10)/t13-,14-;1-,2-/m01/s1. The number of hydrogen-bond donors (Lipinski definition) is 5. The Labute approximate surface area is 172 Å². The SMILES string of the molecule is COC[C@]12CNCC[C@@]1(c1ccc(Cl)c(Cl)c1)C2.O=C(O)[C@H](O)[C@@H](O)C(=O)O. The molecule has 0 unspecified atom stereocenters. The summed E-state index contributed by atoms with van der Waals surface area (Å²) >= 11 is 12.2. The lowest BCUT2D eigenvalue weighted by molar-refractivity contribution is -0.165. The molecule has 1 saturated heterocycles. The predicted molar refractivity (Wildman–Crippen MR) is 102 cm³/mol. The van der Waals surface area contributed by atoms with Crippen LogP contribution in [0.1, 0.15) is 18.4 Å². The van der Waals surface area contributed by atoms with Crippen molar-refractivity contribution in [3.63, 3.8) is 0 Å². The summed E-state index contributed by atoms with van der Waals surface area (Å²) in [5.74, 6) is -3.54. The Morgan fingerprint density at radius 1 is 1.18 bits per heavy atom. The molecule has 5 N–H and O–H groups in total. The Morgan fingerprint density at radius 2 is 1.79 bits per heavy atom. The van der Waals surface area contributed by atoms with Gasteiger partial charge in [0.25, 0.3) is 0 Å². The van der Waals surface area contributed by atoms with E-state index < -0.39 is 24.1 Å². The van der Waals surface area contributed by atoms with Crippen LogP contribution >= 0.6 is 23.2 Å². The maximum atomic E-state index is 9.77. The van der Waals surface area contributed by atoms with E-state index in [0.717, 1.165) is 26.1 Å². The molecule has 1 aromatic carbocycles. The van der Waals surface area contributed by atoms with Crippen LogP contribution in [0.3, 0.4) is 0 Å². The highest BCUT2D eigenvalue weighted by Crippen LogP contribution is 2.67. The second-order valence-corrected chi connectivity index (χ2v) is 7.91. The van der Waals surface area contributed by atoms with E-state index in [4.69, 9.17) is 48.4 Å². The third-order valence-corrected chi connectivity index (χ3v) is 6.16. The van der Waals surface area contributed by atoms with E-state index in [1.54, 1.807) is 7.11 Å². The van der Waals surface area contributed by atoms with E-state index in [0.29, 0.717) is 10.0 Å². The molecule has 28 heavy (non-hydrogen) atoms. The number of hydrogen-bond acceptors (Lipinski definition) is 6. The van der Waals surface area contributed by atoms with Crippen molar-refractivity contribution >= 4 is 35.1 Å². The van der Waals surface area contributed by atoms with Crippen LogP contribution in [0.5, 0.6) is 0 Å². The lowest BCUT2D eigenvalue weighted by atomic mass is 9.81. The molecule has 4 atom stereocenters. The summed E-state index contributed by atoms with van der Waals surface area (Å²) in [5.41, 5.74) is 1.80. The van der Waals surface area contributed by atoms with Gasteiger partial charge in [0, 0.05) is 24.5 Å². The molecule has 8 nitrogen and oxygen atoms in total. The quantitative estimate of drug-likeness (QED) is 0.448. The van der Waals surface area contributed by atoms with E-state index in [1.807, 2.05) is 12.1 Å². The van der Waals surface area contributed by atoms with Crippen molar-refractivity contribution in [1.82, 2.24) is 5.32 Å². The Balaban J connectivity index is 0.000000242. The fraction of sp³-hybridized carbons (Fsp3) is 0.556. The van der Waals surface area contributed by atoms with Gasteiger partial charge in [-0.1, -0.05) is 29.3 Å². The van der Waals surface area contributed by atoms with Gasteiger partial charge in [0.15, 0.2) is 12.2 Å². The van der Waals surface area contributed by atoms with E-state index in [1.165, 1.54) is 12.0 Å². The van der Waals surface area contributed by atoms with Gasteiger partial charge in [0.2, 0.25) is 0 Å². The van der Waals surface area contributed by atoms with Crippen LogP contribution in [0.4, 0.5) is 0 Å². The number of carboxylic acids is 2. The molecule has 2 fully saturated rings. The van der Waals surface area contributed by atoms with Gasteiger partial charge in [-0.3, -0.25) is 0 Å². The summed E-state index contributed by atoms with van der Waals surface area (Å²) in [5, 5.41) is 37.3. The summed E-state index contributed by atoms with van der Waals surface area (Å²) in [6, 6.07) is 6.06. The molecule has 2 aliphatic rings. The smallest absolute Gasteiger partial charge is 0.335 e. The van der Waals surface area contributed by atoms with Crippen LogP contribution in [0.25, 0.3) is 0 Å². The minimum atomic E-state index is -2.27. The fourth-order valence-electron chi connectivity index (χ4n) is 3.88. The first-order valence-electron chi connectivity index (χ1n) is 8.57. The number of fused-ring (bicyclic) bond motifs is 1. The van der Waals surface area contributed by atoms with E-state index >= 15 is 0 Å². The molecule has 0 radical (unpaired) electrons.